The Bertz CT molecular complexity index is 522. The molecular weight excluding hydrogens is 234 g/mol. The van der Waals surface area contributed by atoms with Crippen LogP contribution in [0.1, 0.15) is 0 Å². The predicted octanol–water partition coefficient (Wildman–Crippen LogP) is 1.92. The molecule has 0 saturated carbocycles. The molecule has 88 valence electrons. The highest BCUT2D eigenvalue weighted by Gasteiger charge is 2.02. The van der Waals surface area contributed by atoms with Gasteiger partial charge in [-0.2, -0.15) is 0 Å². The van der Waals surface area contributed by atoms with E-state index in [1.165, 1.54) is 0 Å². The first-order chi connectivity index (χ1) is 8.20. The van der Waals surface area contributed by atoms with E-state index in [0.29, 0.717) is 0 Å². The van der Waals surface area contributed by atoms with Crippen molar-refractivity contribution >= 4 is 16.6 Å². The second kappa shape index (κ2) is 5.05. The van der Waals surface area contributed by atoms with Crippen molar-refractivity contribution in [2.75, 3.05) is 18.6 Å². The zero-order valence-corrected chi connectivity index (χ0v) is 10.5. The van der Waals surface area contributed by atoms with Gasteiger partial charge in [0, 0.05) is 34.6 Å². The van der Waals surface area contributed by atoms with E-state index >= 15 is 0 Å². The van der Waals surface area contributed by atoms with E-state index in [1.54, 1.807) is 25.7 Å². The zero-order chi connectivity index (χ0) is 12.3. The number of hydrogen-bond acceptors (Lipinski definition) is 4. The minimum atomic E-state index is -0.945. The molecule has 0 bridgehead atoms. The molecule has 1 unspecified atom stereocenters. The first kappa shape index (κ1) is 11.7. The van der Waals surface area contributed by atoms with Gasteiger partial charge in [0.05, 0.1) is 18.1 Å². The lowest BCUT2D eigenvalue weighted by atomic mass is 10.2. The molecule has 0 aliphatic carbocycles. The molecule has 0 saturated heterocycles. The summed E-state index contributed by atoms with van der Waals surface area (Å²) in [6.07, 6.45) is 5.06. The van der Waals surface area contributed by atoms with E-state index in [1.807, 2.05) is 24.3 Å². The molecule has 0 aliphatic rings. The van der Waals surface area contributed by atoms with Crippen LogP contribution >= 0.6 is 0 Å². The number of nitrogens with zero attached hydrogens (tertiary/aromatic N) is 2. The average molecular weight is 247 g/mol. The summed E-state index contributed by atoms with van der Waals surface area (Å²) in [5, 5.41) is 2.92. The van der Waals surface area contributed by atoms with E-state index in [9.17, 15) is 4.21 Å². The van der Waals surface area contributed by atoms with E-state index in [-0.39, 0.29) is 0 Å². The van der Waals surface area contributed by atoms with Gasteiger partial charge in [0.2, 0.25) is 0 Å². The summed E-state index contributed by atoms with van der Waals surface area (Å²) in [4.78, 5) is 9.30. The molecule has 1 aromatic carbocycles. The van der Waals surface area contributed by atoms with E-state index in [2.05, 4.69) is 15.3 Å². The molecule has 2 aromatic rings. The van der Waals surface area contributed by atoms with Crippen molar-refractivity contribution in [2.24, 2.45) is 0 Å². The summed E-state index contributed by atoms with van der Waals surface area (Å²) < 4.78 is 11.3. The van der Waals surface area contributed by atoms with E-state index in [4.69, 9.17) is 0 Å². The monoisotopic (exact) mass is 247 g/mol. The molecule has 4 nitrogen and oxygen atoms in total. The van der Waals surface area contributed by atoms with Crippen LogP contribution in [0.3, 0.4) is 0 Å². The first-order valence-electron chi connectivity index (χ1n) is 5.14. The van der Waals surface area contributed by atoms with Crippen molar-refractivity contribution in [3.05, 3.63) is 36.7 Å². The minimum Gasteiger partial charge on any atom is -0.372 e. The normalized spacial score (nSPS) is 12.1. The van der Waals surface area contributed by atoms with Crippen LogP contribution in [0, 0.1) is 0 Å². The van der Waals surface area contributed by atoms with Crippen LogP contribution in [-0.2, 0) is 10.8 Å². The largest absolute Gasteiger partial charge is 0.372 e. The second-order valence-electron chi connectivity index (χ2n) is 3.52. The van der Waals surface area contributed by atoms with Crippen LogP contribution in [0.25, 0.3) is 11.3 Å². The van der Waals surface area contributed by atoms with Crippen molar-refractivity contribution in [1.82, 2.24) is 9.97 Å². The van der Waals surface area contributed by atoms with Crippen molar-refractivity contribution in [3.63, 3.8) is 0 Å². The summed E-state index contributed by atoms with van der Waals surface area (Å²) in [5.41, 5.74) is 1.77. The molecule has 1 atom stereocenters. The van der Waals surface area contributed by atoms with Crippen molar-refractivity contribution in [2.45, 2.75) is 4.90 Å². The Balaban J connectivity index is 2.29. The maximum atomic E-state index is 11.3. The van der Waals surface area contributed by atoms with Crippen LogP contribution < -0.4 is 5.32 Å². The minimum absolute atomic E-state index is 0.736. The second-order valence-corrected chi connectivity index (χ2v) is 4.90. The van der Waals surface area contributed by atoms with Gasteiger partial charge in [-0.05, 0) is 12.1 Å². The Hall–Kier alpha value is -1.75. The number of aromatic nitrogens is 2. The summed E-state index contributed by atoms with van der Waals surface area (Å²) >= 11 is 0. The topological polar surface area (TPSA) is 54.9 Å². The van der Waals surface area contributed by atoms with Gasteiger partial charge in [-0.3, -0.25) is 9.19 Å². The third kappa shape index (κ3) is 2.68. The Labute approximate surface area is 103 Å². The molecule has 0 aliphatic heterocycles. The van der Waals surface area contributed by atoms with Gasteiger partial charge in [0.15, 0.2) is 0 Å². The lowest BCUT2D eigenvalue weighted by Crippen LogP contribution is -1.94. The van der Waals surface area contributed by atoms with Gasteiger partial charge in [-0.1, -0.05) is 12.1 Å². The van der Waals surface area contributed by atoms with E-state index in [0.717, 1.165) is 22.0 Å². The van der Waals surface area contributed by atoms with Crippen LogP contribution in [0.4, 0.5) is 5.82 Å². The van der Waals surface area contributed by atoms with Crippen LogP contribution in [0.15, 0.2) is 41.6 Å². The molecule has 17 heavy (non-hydrogen) atoms. The fourth-order valence-corrected chi connectivity index (χ4v) is 1.94. The third-order valence-corrected chi connectivity index (χ3v) is 3.33. The van der Waals surface area contributed by atoms with Gasteiger partial charge in [-0.15, -0.1) is 0 Å². The maximum Gasteiger partial charge on any atom is 0.144 e. The van der Waals surface area contributed by atoms with Crippen molar-refractivity contribution in [1.29, 1.82) is 0 Å². The number of rotatable bonds is 3. The molecule has 0 spiro atoms. The SMILES string of the molecule is CNc1cnc(-c2ccc(S(C)=O)cc2)cn1. The maximum absolute atomic E-state index is 11.3. The molecule has 1 heterocycles. The highest BCUT2D eigenvalue weighted by molar-refractivity contribution is 7.84. The fourth-order valence-electron chi connectivity index (χ4n) is 1.42. The van der Waals surface area contributed by atoms with Gasteiger partial charge >= 0.3 is 0 Å². The molecule has 1 aromatic heterocycles. The number of anilines is 1. The van der Waals surface area contributed by atoms with Gasteiger partial charge in [0.1, 0.15) is 5.82 Å². The summed E-state index contributed by atoms with van der Waals surface area (Å²) in [5.74, 6) is 0.736. The van der Waals surface area contributed by atoms with Crippen LogP contribution in [-0.4, -0.2) is 27.5 Å². The van der Waals surface area contributed by atoms with Crippen molar-refractivity contribution in [3.8, 4) is 11.3 Å². The first-order valence-corrected chi connectivity index (χ1v) is 6.70. The quantitative estimate of drug-likeness (QED) is 0.900. The van der Waals surface area contributed by atoms with Crippen molar-refractivity contribution < 1.29 is 4.21 Å². The number of nitrogens with one attached hydrogen (secondary N) is 1. The lowest BCUT2D eigenvalue weighted by molar-refractivity contribution is 0.687. The third-order valence-electron chi connectivity index (χ3n) is 2.39. The predicted molar refractivity (Wildman–Crippen MR) is 69.3 cm³/mol. The zero-order valence-electron chi connectivity index (χ0n) is 9.68. The standard InChI is InChI=1S/C12H13N3OS/c1-13-12-8-14-11(7-15-12)9-3-5-10(6-4-9)17(2)16/h3-8H,1-2H3,(H,13,15). The molecule has 0 amide bonds. The van der Waals surface area contributed by atoms with Gasteiger partial charge < -0.3 is 5.32 Å². The summed E-state index contributed by atoms with van der Waals surface area (Å²) in [7, 11) is 0.856. The molecule has 0 fully saturated rings. The van der Waals surface area contributed by atoms with E-state index < -0.39 is 10.8 Å². The Kier molecular flexibility index (Phi) is 3.49. The molecule has 1 N–H and O–H groups in total. The van der Waals surface area contributed by atoms with Gasteiger partial charge in [-0.25, -0.2) is 4.98 Å². The molecule has 2 rings (SSSR count). The lowest BCUT2D eigenvalue weighted by Gasteiger charge is -2.03. The Morgan fingerprint density at radius 2 is 1.82 bits per heavy atom. The highest BCUT2D eigenvalue weighted by atomic mass is 32.2. The fraction of sp³-hybridized carbons (Fsp3) is 0.167. The average Bonchev–Trinajstić information content (AvgIpc) is 2.39. The smallest absolute Gasteiger partial charge is 0.144 e. The molecular formula is C12H13N3OS. The van der Waals surface area contributed by atoms with Crippen LogP contribution in [0.5, 0.6) is 0 Å². The number of benzene rings is 1. The van der Waals surface area contributed by atoms with Gasteiger partial charge in [0.25, 0.3) is 0 Å². The summed E-state index contributed by atoms with van der Waals surface area (Å²) in [6.45, 7) is 0. The summed E-state index contributed by atoms with van der Waals surface area (Å²) in [6, 6.07) is 7.50. The highest BCUT2D eigenvalue weighted by Crippen LogP contribution is 2.18. The Morgan fingerprint density at radius 3 is 2.29 bits per heavy atom. The number of hydrogen-bond donors (Lipinski definition) is 1. The molecule has 5 heteroatoms. The van der Waals surface area contributed by atoms with Crippen LogP contribution in [0.2, 0.25) is 0 Å². The Morgan fingerprint density at radius 1 is 1.12 bits per heavy atom. The molecule has 0 radical (unpaired) electrons.